The lowest BCUT2D eigenvalue weighted by Gasteiger charge is -2.36. The van der Waals surface area contributed by atoms with Crippen molar-refractivity contribution in [2.45, 2.75) is 19.3 Å². The molecule has 0 aliphatic carbocycles. The Morgan fingerprint density at radius 2 is 1.88 bits per heavy atom. The molecular formula is C19H24N2O4. The van der Waals surface area contributed by atoms with Gasteiger partial charge in [0.25, 0.3) is 5.91 Å². The summed E-state index contributed by atoms with van der Waals surface area (Å²) in [7, 11) is 0. The second-order valence-electron chi connectivity index (χ2n) is 6.95. The molecule has 6 nitrogen and oxygen atoms in total. The van der Waals surface area contributed by atoms with Crippen LogP contribution in [-0.2, 0) is 16.0 Å². The molecule has 4 rings (SSSR count). The fraction of sp³-hybridized carbons (Fsp3) is 0.579. The molecule has 0 N–H and O–H groups in total. The van der Waals surface area contributed by atoms with E-state index in [1.165, 1.54) is 0 Å². The predicted octanol–water partition coefficient (Wildman–Crippen LogP) is 1.33. The van der Waals surface area contributed by atoms with E-state index in [-0.39, 0.29) is 17.7 Å². The molecule has 0 radical (unpaired) electrons. The van der Waals surface area contributed by atoms with Gasteiger partial charge in [-0.3, -0.25) is 9.59 Å². The largest absolute Gasteiger partial charge is 0.493 e. The quantitative estimate of drug-likeness (QED) is 0.812. The van der Waals surface area contributed by atoms with Gasteiger partial charge in [-0.25, -0.2) is 0 Å². The van der Waals surface area contributed by atoms with Crippen LogP contribution < -0.4 is 4.74 Å². The van der Waals surface area contributed by atoms with Gasteiger partial charge in [-0.05, 0) is 36.6 Å². The summed E-state index contributed by atoms with van der Waals surface area (Å²) in [5, 5.41) is 0. The van der Waals surface area contributed by atoms with Gasteiger partial charge in [0.1, 0.15) is 5.75 Å². The van der Waals surface area contributed by atoms with Crippen LogP contribution in [0.2, 0.25) is 0 Å². The number of hydrogen-bond donors (Lipinski definition) is 0. The maximum absolute atomic E-state index is 12.9. The van der Waals surface area contributed by atoms with Crippen molar-refractivity contribution in [3.8, 4) is 5.75 Å². The molecule has 0 spiro atoms. The van der Waals surface area contributed by atoms with Crippen LogP contribution in [0, 0.1) is 5.92 Å². The van der Waals surface area contributed by atoms with E-state index in [1.807, 2.05) is 28.0 Å². The van der Waals surface area contributed by atoms with Gasteiger partial charge in [-0.15, -0.1) is 0 Å². The fourth-order valence-electron chi connectivity index (χ4n) is 3.91. The van der Waals surface area contributed by atoms with E-state index in [1.54, 1.807) is 0 Å². The van der Waals surface area contributed by atoms with Crippen molar-refractivity contribution in [1.29, 1.82) is 0 Å². The van der Waals surface area contributed by atoms with Crippen molar-refractivity contribution in [3.05, 3.63) is 29.3 Å². The third-order valence-electron chi connectivity index (χ3n) is 5.32. The van der Waals surface area contributed by atoms with Crippen LogP contribution in [0.5, 0.6) is 5.75 Å². The van der Waals surface area contributed by atoms with E-state index in [9.17, 15) is 9.59 Å². The van der Waals surface area contributed by atoms with E-state index in [0.29, 0.717) is 45.0 Å². The monoisotopic (exact) mass is 344 g/mol. The Kier molecular flexibility index (Phi) is 4.61. The van der Waals surface area contributed by atoms with E-state index in [2.05, 4.69) is 0 Å². The highest BCUT2D eigenvalue weighted by Gasteiger charge is 2.32. The van der Waals surface area contributed by atoms with Crippen molar-refractivity contribution in [2.75, 3.05) is 46.0 Å². The highest BCUT2D eigenvalue weighted by atomic mass is 16.5. The van der Waals surface area contributed by atoms with Gasteiger partial charge in [-0.1, -0.05) is 0 Å². The second kappa shape index (κ2) is 7.04. The Bertz CT molecular complexity index is 669. The molecule has 0 aromatic heterocycles. The SMILES string of the molecule is O=C(c1ccc2c(c1)CCO2)N1CCC[C@@H](C(=O)N2CCOCC2)C1. The average Bonchev–Trinajstić information content (AvgIpc) is 3.15. The van der Waals surface area contributed by atoms with Gasteiger partial charge in [0.2, 0.25) is 5.91 Å². The lowest BCUT2D eigenvalue weighted by Crippen LogP contribution is -2.49. The zero-order chi connectivity index (χ0) is 17.2. The van der Waals surface area contributed by atoms with Crippen LogP contribution in [0.15, 0.2) is 18.2 Å². The van der Waals surface area contributed by atoms with Gasteiger partial charge in [0.05, 0.1) is 25.7 Å². The normalized spacial score (nSPS) is 23.1. The number of nitrogens with zero attached hydrogens (tertiary/aromatic N) is 2. The molecule has 3 aliphatic rings. The Hall–Kier alpha value is -2.08. The zero-order valence-corrected chi connectivity index (χ0v) is 14.4. The summed E-state index contributed by atoms with van der Waals surface area (Å²) in [6.07, 6.45) is 2.59. The fourth-order valence-corrected chi connectivity index (χ4v) is 3.91. The summed E-state index contributed by atoms with van der Waals surface area (Å²) in [5.74, 6) is 0.987. The van der Waals surface area contributed by atoms with Crippen LogP contribution in [-0.4, -0.2) is 67.6 Å². The Balaban J connectivity index is 1.43. The molecule has 0 saturated carbocycles. The maximum Gasteiger partial charge on any atom is 0.253 e. The highest BCUT2D eigenvalue weighted by Crippen LogP contribution is 2.27. The average molecular weight is 344 g/mol. The standard InChI is InChI=1S/C19H24N2O4/c22-18(15-3-4-17-14(12-15)5-9-25-17)21-6-1-2-16(13-21)19(23)20-7-10-24-11-8-20/h3-4,12,16H,1-2,5-11,13H2/t16-/m1/s1. The number of ether oxygens (including phenoxy) is 2. The first-order valence-corrected chi connectivity index (χ1v) is 9.14. The molecule has 6 heteroatoms. The molecule has 134 valence electrons. The molecule has 2 saturated heterocycles. The number of morpholine rings is 1. The van der Waals surface area contributed by atoms with Crippen molar-refractivity contribution < 1.29 is 19.1 Å². The summed E-state index contributed by atoms with van der Waals surface area (Å²) < 4.78 is 10.8. The van der Waals surface area contributed by atoms with Crippen LogP contribution in [0.3, 0.4) is 0 Å². The number of fused-ring (bicyclic) bond motifs is 1. The Labute approximate surface area is 147 Å². The number of likely N-dealkylation sites (tertiary alicyclic amines) is 1. The molecular weight excluding hydrogens is 320 g/mol. The molecule has 0 bridgehead atoms. The van der Waals surface area contributed by atoms with Crippen molar-refractivity contribution in [1.82, 2.24) is 9.80 Å². The first kappa shape index (κ1) is 16.4. The number of benzene rings is 1. The molecule has 3 heterocycles. The molecule has 1 aromatic rings. The molecule has 2 fully saturated rings. The second-order valence-corrected chi connectivity index (χ2v) is 6.95. The predicted molar refractivity (Wildman–Crippen MR) is 91.7 cm³/mol. The lowest BCUT2D eigenvalue weighted by molar-refractivity contribution is -0.141. The molecule has 25 heavy (non-hydrogen) atoms. The van der Waals surface area contributed by atoms with E-state index in [4.69, 9.17) is 9.47 Å². The van der Waals surface area contributed by atoms with E-state index in [0.717, 1.165) is 37.1 Å². The minimum Gasteiger partial charge on any atom is -0.493 e. The Morgan fingerprint density at radius 3 is 2.72 bits per heavy atom. The first-order chi connectivity index (χ1) is 12.2. The van der Waals surface area contributed by atoms with Crippen molar-refractivity contribution in [3.63, 3.8) is 0 Å². The minimum absolute atomic E-state index is 0.0224. The van der Waals surface area contributed by atoms with Gasteiger partial charge in [-0.2, -0.15) is 0 Å². The lowest BCUT2D eigenvalue weighted by atomic mass is 9.95. The number of piperidine rings is 1. The van der Waals surface area contributed by atoms with Crippen LogP contribution >= 0.6 is 0 Å². The van der Waals surface area contributed by atoms with Crippen LogP contribution in [0.25, 0.3) is 0 Å². The third kappa shape index (κ3) is 3.35. The van der Waals surface area contributed by atoms with Crippen LogP contribution in [0.1, 0.15) is 28.8 Å². The number of carbonyl (C=O) groups is 2. The summed E-state index contributed by atoms with van der Waals surface area (Å²) in [5.41, 5.74) is 1.80. The molecule has 0 unspecified atom stereocenters. The first-order valence-electron chi connectivity index (χ1n) is 9.14. The van der Waals surface area contributed by atoms with E-state index >= 15 is 0 Å². The smallest absolute Gasteiger partial charge is 0.253 e. The van der Waals surface area contributed by atoms with Gasteiger partial charge in [0.15, 0.2) is 0 Å². The van der Waals surface area contributed by atoms with Crippen molar-refractivity contribution in [2.24, 2.45) is 5.92 Å². The number of rotatable bonds is 2. The summed E-state index contributed by atoms with van der Waals surface area (Å²) in [6, 6.07) is 5.66. The van der Waals surface area contributed by atoms with Crippen molar-refractivity contribution >= 4 is 11.8 Å². The molecule has 2 amide bonds. The van der Waals surface area contributed by atoms with Gasteiger partial charge >= 0.3 is 0 Å². The zero-order valence-electron chi connectivity index (χ0n) is 14.4. The molecule has 1 atom stereocenters. The van der Waals surface area contributed by atoms with Crippen LogP contribution in [0.4, 0.5) is 0 Å². The summed E-state index contributed by atoms with van der Waals surface area (Å²) >= 11 is 0. The summed E-state index contributed by atoms with van der Waals surface area (Å²) in [6.45, 7) is 4.47. The third-order valence-corrected chi connectivity index (χ3v) is 5.32. The maximum atomic E-state index is 12.9. The Morgan fingerprint density at radius 1 is 1.04 bits per heavy atom. The van der Waals surface area contributed by atoms with E-state index < -0.39 is 0 Å². The summed E-state index contributed by atoms with van der Waals surface area (Å²) in [4.78, 5) is 29.3. The number of amides is 2. The topological polar surface area (TPSA) is 59.1 Å². The minimum atomic E-state index is -0.0893. The molecule has 1 aromatic carbocycles. The number of carbonyl (C=O) groups excluding carboxylic acids is 2. The number of hydrogen-bond acceptors (Lipinski definition) is 4. The highest BCUT2D eigenvalue weighted by molar-refractivity contribution is 5.95. The van der Waals surface area contributed by atoms with Gasteiger partial charge < -0.3 is 19.3 Å². The van der Waals surface area contributed by atoms with Gasteiger partial charge in [0, 0.05) is 38.2 Å². The molecule has 3 aliphatic heterocycles.